The lowest BCUT2D eigenvalue weighted by molar-refractivity contribution is 0.0684. The summed E-state index contributed by atoms with van der Waals surface area (Å²) < 4.78 is 1.98. The van der Waals surface area contributed by atoms with Gasteiger partial charge in [-0.15, -0.1) is 10.2 Å². The molecular weight excluding hydrogens is 276 g/mol. The minimum atomic E-state index is -1.23. The molecule has 0 radical (unpaired) electrons. The van der Waals surface area contributed by atoms with E-state index in [2.05, 4.69) is 25.5 Å². The van der Waals surface area contributed by atoms with E-state index < -0.39 is 11.9 Å². The number of hydrogen-bond donors (Lipinski definition) is 3. The molecule has 2 aromatic heterocycles. The van der Waals surface area contributed by atoms with Crippen molar-refractivity contribution < 1.29 is 14.7 Å². The number of aromatic amines is 1. The number of carboxylic acid groups (broad SMARTS) is 1. The fourth-order valence-electron chi connectivity index (χ4n) is 2.45. The molecule has 1 amide bonds. The zero-order chi connectivity index (χ0) is 15.0. The van der Waals surface area contributed by atoms with Crippen molar-refractivity contribution in [1.29, 1.82) is 0 Å². The summed E-state index contributed by atoms with van der Waals surface area (Å²) in [6.07, 6.45) is 3.08. The van der Waals surface area contributed by atoms with Gasteiger partial charge in [-0.3, -0.25) is 4.79 Å². The number of carbonyl (C=O) groups is 2. The van der Waals surface area contributed by atoms with Crippen LogP contribution in [0.25, 0.3) is 0 Å². The van der Waals surface area contributed by atoms with Crippen LogP contribution in [0.4, 0.5) is 0 Å². The highest BCUT2D eigenvalue weighted by atomic mass is 16.4. The standard InChI is InChI=1S/C12H14N6O3/c1-6(10-17-16-7-3-2-4-18(7)10)15-11(19)8-9(12(20)21)14-5-13-8/h5-6H,2-4H2,1H3,(H,13,14)(H,15,19)(H,20,21). The van der Waals surface area contributed by atoms with E-state index in [0.717, 1.165) is 25.2 Å². The van der Waals surface area contributed by atoms with Crippen LogP contribution >= 0.6 is 0 Å². The number of imidazole rings is 1. The Morgan fingerprint density at radius 3 is 3.05 bits per heavy atom. The average Bonchev–Trinajstić information content (AvgIpc) is 3.14. The molecule has 0 spiro atoms. The van der Waals surface area contributed by atoms with Gasteiger partial charge in [0.2, 0.25) is 0 Å². The summed E-state index contributed by atoms with van der Waals surface area (Å²) >= 11 is 0. The first-order valence-corrected chi connectivity index (χ1v) is 6.57. The molecule has 3 heterocycles. The fourth-order valence-corrected chi connectivity index (χ4v) is 2.45. The SMILES string of the molecule is CC(NC(=O)c1nc[nH]c1C(=O)O)c1nnc2n1CCC2. The number of hydrogen-bond acceptors (Lipinski definition) is 5. The lowest BCUT2D eigenvalue weighted by Gasteiger charge is -2.13. The molecule has 1 atom stereocenters. The minimum Gasteiger partial charge on any atom is -0.477 e. The quantitative estimate of drug-likeness (QED) is 0.735. The van der Waals surface area contributed by atoms with Gasteiger partial charge in [0.15, 0.2) is 17.2 Å². The van der Waals surface area contributed by atoms with Gasteiger partial charge >= 0.3 is 5.97 Å². The molecule has 0 fully saturated rings. The average molecular weight is 290 g/mol. The van der Waals surface area contributed by atoms with E-state index in [4.69, 9.17) is 5.11 Å². The monoisotopic (exact) mass is 290 g/mol. The Bertz CT molecular complexity index is 704. The van der Waals surface area contributed by atoms with Gasteiger partial charge in [0, 0.05) is 13.0 Å². The topological polar surface area (TPSA) is 126 Å². The van der Waals surface area contributed by atoms with Gasteiger partial charge in [0.25, 0.3) is 5.91 Å². The third-order valence-electron chi connectivity index (χ3n) is 3.44. The summed E-state index contributed by atoms with van der Waals surface area (Å²) in [4.78, 5) is 29.3. The second-order valence-electron chi connectivity index (χ2n) is 4.86. The number of nitrogens with one attached hydrogen (secondary N) is 2. The van der Waals surface area contributed by atoms with E-state index in [1.54, 1.807) is 6.92 Å². The van der Waals surface area contributed by atoms with Crippen LogP contribution < -0.4 is 5.32 Å². The summed E-state index contributed by atoms with van der Waals surface area (Å²) in [6, 6.07) is -0.379. The van der Waals surface area contributed by atoms with Crippen molar-refractivity contribution in [2.45, 2.75) is 32.4 Å². The van der Waals surface area contributed by atoms with Crippen LogP contribution in [0.2, 0.25) is 0 Å². The van der Waals surface area contributed by atoms with Crippen molar-refractivity contribution in [2.75, 3.05) is 0 Å². The highest BCUT2D eigenvalue weighted by Crippen LogP contribution is 2.19. The molecule has 0 aliphatic carbocycles. The first-order chi connectivity index (χ1) is 10.1. The van der Waals surface area contributed by atoms with Gasteiger partial charge in [-0.1, -0.05) is 0 Å². The second kappa shape index (κ2) is 5.00. The fraction of sp³-hybridized carbons (Fsp3) is 0.417. The Labute approximate surface area is 119 Å². The molecule has 2 aromatic rings. The number of carboxylic acids is 1. The number of aryl methyl sites for hydroxylation is 1. The number of fused-ring (bicyclic) bond motifs is 1. The number of carbonyl (C=O) groups excluding carboxylic acids is 1. The molecule has 9 nitrogen and oxygen atoms in total. The summed E-state index contributed by atoms with van der Waals surface area (Å²) in [5, 5.41) is 19.8. The number of aromatic carboxylic acids is 1. The first kappa shape index (κ1) is 13.3. The lowest BCUT2D eigenvalue weighted by Crippen LogP contribution is -2.30. The summed E-state index contributed by atoms with van der Waals surface area (Å²) in [7, 11) is 0. The molecule has 0 aromatic carbocycles. The molecule has 3 rings (SSSR count). The van der Waals surface area contributed by atoms with Gasteiger partial charge in [-0.2, -0.15) is 0 Å². The predicted octanol–water partition coefficient (Wildman–Crippen LogP) is 0.137. The Kier molecular flexibility index (Phi) is 3.16. The number of nitrogens with zero attached hydrogens (tertiary/aromatic N) is 4. The van der Waals surface area contributed by atoms with Crippen LogP contribution in [0.3, 0.4) is 0 Å². The van der Waals surface area contributed by atoms with Crippen LogP contribution in [-0.2, 0) is 13.0 Å². The molecule has 110 valence electrons. The molecule has 0 saturated heterocycles. The molecule has 1 unspecified atom stereocenters. The minimum absolute atomic E-state index is 0.143. The van der Waals surface area contributed by atoms with Crippen molar-refractivity contribution in [1.82, 2.24) is 30.0 Å². The van der Waals surface area contributed by atoms with E-state index in [1.807, 2.05) is 4.57 Å². The number of aromatic nitrogens is 5. The van der Waals surface area contributed by atoms with Gasteiger partial charge in [0.1, 0.15) is 5.82 Å². The molecule has 1 aliphatic heterocycles. The van der Waals surface area contributed by atoms with E-state index in [0.29, 0.717) is 5.82 Å². The molecule has 3 N–H and O–H groups in total. The van der Waals surface area contributed by atoms with Gasteiger partial charge in [-0.05, 0) is 13.3 Å². The van der Waals surface area contributed by atoms with E-state index in [-0.39, 0.29) is 17.4 Å². The number of amides is 1. The summed E-state index contributed by atoms with van der Waals surface area (Å²) in [5.74, 6) is -0.203. The Morgan fingerprint density at radius 2 is 2.29 bits per heavy atom. The normalized spacial score (nSPS) is 14.7. The third-order valence-corrected chi connectivity index (χ3v) is 3.44. The van der Waals surface area contributed by atoms with Gasteiger partial charge in [-0.25, -0.2) is 9.78 Å². The molecule has 0 bridgehead atoms. The number of H-pyrrole nitrogens is 1. The Balaban J connectivity index is 1.78. The third kappa shape index (κ3) is 2.26. The van der Waals surface area contributed by atoms with Crippen LogP contribution in [-0.4, -0.2) is 41.7 Å². The van der Waals surface area contributed by atoms with Crippen LogP contribution in [0.5, 0.6) is 0 Å². The van der Waals surface area contributed by atoms with Gasteiger partial charge < -0.3 is 20.0 Å². The highest BCUT2D eigenvalue weighted by molar-refractivity contribution is 6.02. The second-order valence-corrected chi connectivity index (χ2v) is 4.86. The largest absolute Gasteiger partial charge is 0.477 e. The van der Waals surface area contributed by atoms with Crippen molar-refractivity contribution in [3.05, 3.63) is 29.4 Å². The molecular formula is C12H14N6O3. The van der Waals surface area contributed by atoms with Crippen LogP contribution in [0.1, 0.15) is 52.0 Å². The van der Waals surface area contributed by atoms with Crippen molar-refractivity contribution >= 4 is 11.9 Å². The lowest BCUT2D eigenvalue weighted by atomic mass is 10.2. The maximum atomic E-state index is 12.1. The van der Waals surface area contributed by atoms with Crippen molar-refractivity contribution in [2.24, 2.45) is 0 Å². The van der Waals surface area contributed by atoms with Crippen LogP contribution in [0, 0.1) is 0 Å². The predicted molar refractivity (Wildman–Crippen MR) is 69.8 cm³/mol. The highest BCUT2D eigenvalue weighted by Gasteiger charge is 2.25. The molecule has 9 heteroatoms. The Morgan fingerprint density at radius 1 is 1.48 bits per heavy atom. The van der Waals surface area contributed by atoms with E-state index in [1.165, 1.54) is 6.33 Å². The van der Waals surface area contributed by atoms with Crippen molar-refractivity contribution in [3.8, 4) is 0 Å². The smallest absolute Gasteiger partial charge is 0.354 e. The van der Waals surface area contributed by atoms with Crippen LogP contribution in [0.15, 0.2) is 6.33 Å². The maximum absolute atomic E-state index is 12.1. The van der Waals surface area contributed by atoms with E-state index >= 15 is 0 Å². The first-order valence-electron chi connectivity index (χ1n) is 6.57. The molecule has 1 aliphatic rings. The van der Waals surface area contributed by atoms with Gasteiger partial charge in [0.05, 0.1) is 12.4 Å². The number of rotatable bonds is 4. The molecule has 21 heavy (non-hydrogen) atoms. The zero-order valence-corrected chi connectivity index (χ0v) is 11.3. The van der Waals surface area contributed by atoms with E-state index in [9.17, 15) is 9.59 Å². The summed E-state index contributed by atoms with van der Waals surface area (Å²) in [6.45, 7) is 2.61. The Hall–Kier alpha value is -2.71. The van der Waals surface area contributed by atoms with Crippen molar-refractivity contribution in [3.63, 3.8) is 0 Å². The summed E-state index contributed by atoms with van der Waals surface area (Å²) in [5.41, 5.74) is -0.373. The molecule has 0 saturated carbocycles. The maximum Gasteiger partial charge on any atom is 0.354 e. The zero-order valence-electron chi connectivity index (χ0n) is 11.3.